The molecule has 0 fully saturated rings. The van der Waals surface area contributed by atoms with Gasteiger partial charge in [-0.15, -0.1) is 0 Å². The van der Waals surface area contributed by atoms with Gasteiger partial charge in [0, 0.05) is 107 Å². The smallest absolute Gasteiger partial charge is 0.333 e. The topological polar surface area (TPSA) is 322 Å². The summed E-state index contributed by atoms with van der Waals surface area (Å²) in [5, 5.41) is 4.48. The Bertz CT molecular complexity index is 1420. The second-order valence-electron chi connectivity index (χ2n) is 7.57. The van der Waals surface area contributed by atoms with E-state index in [4.69, 9.17) is 5.73 Å². The van der Waals surface area contributed by atoms with E-state index in [1.165, 1.54) is 37.1 Å². The number of nitrogens with one attached hydrogen (secondary N) is 5. The molecule has 20 heteroatoms. The number of aromatic nitrogens is 6. The molecule has 0 spiro atoms. The number of hydrogen-bond donors (Lipinski definition) is 4. The molecular weight excluding hydrogens is 698 g/mol. The average Bonchev–Trinajstić information content (AvgIpc) is 3.28. The minimum Gasteiger partial charge on any atom is -0.693 e. The van der Waals surface area contributed by atoms with Crippen molar-refractivity contribution in [1.29, 1.82) is 0 Å². The molecule has 18 nitrogen and oxygen atoms in total. The first-order chi connectivity index (χ1) is 16.9. The number of urea groups is 1. The Morgan fingerprint density at radius 2 is 1.27 bits per heavy atom. The van der Waals surface area contributed by atoms with Crippen molar-refractivity contribution in [3.63, 3.8) is 0 Å². The summed E-state index contributed by atoms with van der Waals surface area (Å²) in [6.45, 7) is 5.94. The third-order valence-corrected chi connectivity index (χ3v) is 4.49. The molecule has 3 rings (SSSR count). The molecule has 41 heavy (non-hydrogen) atoms. The number of nitrogens with two attached hydrogens (primary N) is 1. The maximum atomic E-state index is 11.8. The molecule has 2 radical (unpaired) electrons. The number of rotatable bonds is 6. The van der Waals surface area contributed by atoms with Crippen molar-refractivity contribution in [2.24, 2.45) is 0 Å². The predicted octanol–water partition coefficient (Wildman–Crippen LogP) is 0.343. The van der Waals surface area contributed by atoms with Gasteiger partial charge >= 0.3 is 6.03 Å². The van der Waals surface area contributed by atoms with Crippen molar-refractivity contribution < 1.29 is 95.5 Å². The molecule has 220 valence electrons. The van der Waals surface area contributed by atoms with E-state index in [1.807, 2.05) is 5.32 Å². The molecule has 0 saturated carbocycles. The number of imidazole rings is 1. The van der Waals surface area contributed by atoms with E-state index in [2.05, 4.69) is 30.2 Å². The van der Waals surface area contributed by atoms with Crippen LogP contribution in [0.2, 0.25) is 0 Å². The van der Waals surface area contributed by atoms with Crippen LogP contribution in [0.25, 0.3) is 11.9 Å². The second-order valence-corrected chi connectivity index (χ2v) is 7.57. The number of H-pyrrole nitrogens is 2. The fourth-order valence-corrected chi connectivity index (χ4v) is 2.91. The summed E-state index contributed by atoms with van der Waals surface area (Å²) in [6.07, 6.45) is 4.26. The number of aryl methyl sites for hydroxylation is 2. The van der Waals surface area contributed by atoms with Crippen LogP contribution in [0, 0.1) is 13.8 Å². The van der Waals surface area contributed by atoms with Crippen molar-refractivity contribution in [2.45, 2.75) is 40.5 Å². The minimum absolute atomic E-state index is 0. The molecule has 11 N–H and O–H groups in total. The Hall–Kier alpha value is -2.86. The van der Waals surface area contributed by atoms with Gasteiger partial charge in [0.2, 0.25) is 5.95 Å². The molecule has 0 aromatic carbocycles. The SMILES string of the molecule is CC(=O)Cc1c(C)nc(NC(=O)n2ccnc2)[nH]c1=O.CC(=O)Cc1c(C)nc(NC([NH-])=O)[nH]c1=O.O.O.[NH2-].[Y].[Y]. The number of ketones is 2. The maximum Gasteiger partial charge on any atom is 0.333 e. The molecule has 0 bridgehead atoms. The van der Waals surface area contributed by atoms with Crippen LogP contribution in [-0.2, 0) is 87.8 Å². The number of nitrogens with zero attached hydrogens (tertiary/aromatic N) is 4. The summed E-state index contributed by atoms with van der Waals surface area (Å²) >= 11 is 0. The Labute approximate surface area is 283 Å². The molecule has 0 saturated heterocycles. The summed E-state index contributed by atoms with van der Waals surface area (Å²) in [6, 6.07) is -1.56. The molecular formula is C21H30N10O8Y2-2. The van der Waals surface area contributed by atoms with Crippen LogP contribution in [0.4, 0.5) is 21.5 Å². The number of carbonyl (C=O) groups excluding carboxylic acids is 4. The molecule has 0 aliphatic carbocycles. The molecule has 3 amide bonds. The number of carbonyl (C=O) groups is 4. The monoisotopic (exact) mass is 728 g/mol. The summed E-state index contributed by atoms with van der Waals surface area (Å²) in [5.74, 6) is -0.336. The van der Waals surface area contributed by atoms with Gasteiger partial charge in [-0.2, -0.15) is 0 Å². The van der Waals surface area contributed by atoms with Crippen molar-refractivity contribution in [2.75, 3.05) is 10.6 Å². The van der Waals surface area contributed by atoms with E-state index >= 15 is 0 Å². The van der Waals surface area contributed by atoms with Gasteiger partial charge in [-0.3, -0.25) is 38.8 Å². The second kappa shape index (κ2) is 20.9. The Morgan fingerprint density at radius 3 is 1.59 bits per heavy atom. The zero-order chi connectivity index (χ0) is 27.0. The van der Waals surface area contributed by atoms with E-state index < -0.39 is 23.2 Å². The summed E-state index contributed by atoms with van der Waals surface area (Å²) in [7, 11) is 0. The van der Waals surface area contributed by atoms with Crippen molar-refractivity contribution in [3.8, 4) is 0 Å². The van der Waals surface area contributed by atoms with Crippen LogP contribution in [-0.4, -0.2) is 64.1 Å². The summed E-state index contributed by atoms with van der Waals surface area (Å²) in [4.78, 5) is 83.9. The van der Waals surface area contributed by atoms with Gasteiger partial charge in [-0.1, -0.05) is 0 Å². The van der Waals surface area contributed by atoms with Crippen LogP contribution in [0.15, 0.2) is 28.3 Å². The number of Topliss-reactive ketones (excluding diaryl/α,β-unsaturated/α-hetero) is 2. The maximum absolute atomic E-state index is 11.8. The van der Waals surface area contributed by atoms with E-state index in [-0.39, 0.29) is 124 Å². The van der Waals surface area contributed by atoms with Crippen LogP contribution in [0.1, 0.15) is 36.4 Å². The van der Waals surface area contributed by atoms with E-state index in [9.17, 15) is 28.8 Å². The Balaban J connectivity index is -0.000000303. The molecule has 0 unspecified atom stereocenters. The van der Waals surface area contributed by atoms with Gasteiger partial charge in [0.1, 0.15) is 23.8 Å². The fraction of sp³-hybridized carbons (Fsp3) is 0.286. The number of amides is 3. The minimum atomic E-state index is -1.07. The first-order valence-electron chi connectivity index (χ1n) is 10.4. The normalized spacial score (nSPS) is 8.88. The summed E-state index contributed by atoms with van der Waals surface area (Å²) < 4.78 is 1.21. The Kier molecular flexibility index (Phi) is 23.0. The zero-order valence-corrected chi connectivity index (χ0v) is 28.3. The van der Waals surface area contributed by atoms with Gasteiger partial charge in [0.15, 0.2) is 6.03 Å². The zero-order valence-electron chi connectivity index (χ0n) is 22.6. The molecule has 3 aromatic heterocycles. The van der Waals surface area contributed by atoms with Crippen LogP contribution >= 0.6 is 0 Å². The molecule has 0 aliphatic rings. The van der Waals surface area contributed by atoms with Gasteiger partial charge in [-0.05, 0) is 27.7 Å². The molecule has 0 aliphatic heterocycles. The van der Waals surface area contributed by atoms with Crippen LogP contribution in [0.3, 0.4) is 0 Å². The van der Waals surface area contributed by atoms with E-state index in [0.29, 0.717) is 17.0 Å². The molecule has 0 atom stereocenters. The van der Waals surface area contributed by atoms with Crippen molar-refractivity contribution in [1.82, 2.24) is 29.5 Å². The molecule has 3 aromatic rings. The Morgan fingerprint density at radius 1 is 0.854 bits per heavy atom. The number of aromatic amines is 2. The van der Waals surface area contributed by atoms with Gasteiger partial charge in [0.25, 0.3) is 11.1 Å². The van der Waals surface area contributed by atoms with Crippen molar-refractivity contribution in [3.05, 3.63) is 73.8 Å². The largest absolute Gasteiger partial charge is 0.693 e. The number of anilines is 2. The van der Waals surface area contributed by atoms with Crippen LogP contribution < -0.4 is 21.8 Å². The van der Waals surface area contributed by atoms with Crippen LogP contribution in [0.5, 0.6) is 0 Å². The summed E-state index contributed by atoms with van der Waals surface area (Å²) in [5.41, 5.74) is 7.09. The third-order valence-electron chi connectivity index (χ3n) is 4.49. The van der Waals surface area contributed by atoms with Gasteiger partial charge in [0.05, 0.1) is 5.69 Å². The first kappa shape index (κ1) is 45.1. The quantitative estimate of drug-likeness (QED) is 0.272. The van der Waals surface area contributed by atoms with E-state index in [1.54, 1.807) is 13.8 Å². The third kappa shape index (κ3) is 14.5. The van der Waals surface area contributed by atoms with Gasteiger partial charge in [-0.25, -0.2) is 19.7 Å². The van der Waals surface area contributed by atoms with Crippen molar-refractivity contribution >= 4 is 35.5 Å². The van der Waals surface area contributed by atoms with E-state index in [0.717, 1.165) is 0 Å². The average molecular weight is 728 g/mol. The first-order valence-corrected chi connectivity index (χ1v) is 10.4. The molecule has 3 heterocycles. The standard InChI is InChI=1S/C12H13N5O3.C9H12N4O3.H2N.2H2O.2Y/c1-7(18)5-9-8(2)14-11(15-10(9)19)16-12(20)17-4-3-13-6-17;1-4(14)3-6-5(2)11-9(12-7(6)15)13-8(10)16;;;;;/h3-4,6H,5H2,1-2H3,(H2,14,15,16,19,20);3H2,1-2H3,(H4,10,11,12,13,15,16);3*1H2;;/q;;-1;;;;/p-1. The predicted molar refractivity (Wildman–Crippen MR) is 140 cm³/mol. The van der Waals surface area contributed by atoms with Gasteiger partial charge < -0.3 is 33.1 Å². The fourth-order valence-electron chi connectivity index (χ4n) is 2.91. The number of hydrogen-bond acceptors (Lipinski definition) is 9.